The van der Waals surface area contributed by atoms with Gasteiger partial charge in [-0.1, -0.05) is 24.3 Å². The topological polar surface area (TPSA) is 50.3 Å². The second-order valence-corrected chi connectivity index (χ2v) is 4.50. The van der Waals surface area contributed by atoms with Crippen molar-refractivity contribution in [2.24, 2.45) is 0 Å². The molecular weight excluding hydrogens is 252 g/mol. The van der Waals surface area contributed by atoms with Gasteiger partial charge in [-0.25, -0.2) is 4.90 Å². The van der Waals surface area contributed by atoms with Gasteiger partial charge in [0.25, 0.3) is 5.91 Å². The average Bonchev–Trinajstić information content (AvgIpc) is 2.75. The van der Waals surface area contributed by atoms with Crippen LogP contribution in [0.2, 0.25) is 0 Å². The van der Waals surface area contributed by atoms with E-state index in [1.54, 1.807) is 48.8 Å². The van der Waals surface area contributed by atoms with Crippen molar-refractivity contribution >= 4 is 23.6 Å². The molecule has 1 aliphatic heterocycles. The number of anilines is 1. The minimum atomic E-state index is -0.259. The molecule has 0 N–H and O–H groups in total. The maximum absolute atomic E-state index is 12.3. The smallest absolute Gasteiger partial charge is 0.261 e. The molecule has 2 heterocycles. The van der Waals surface area contributed by atoms with E-state index in [1.165, 1.54) is 4.90 Å². The number of carbonyl (C=O) groups is 2. The molecule has 1 saturated heterocycles. The van der Waals surface area contributed by atoms with E-state index >= 15 is 0 Å². The van der Waals surface area contributed by atoms with E-state index < -0.39 is 0 Å². The maximum Gasteiger partial charge on any atom is 0.261 e. The van der Waals surface area contributed by atoms with Crippen LogP contribution in [0.4, 0.5) is 5.69 Å². The Morgan fingerprint density at radius 2 is 1.85 bits per heavy atom. The highest BCUT2D eigenvalue weighted by Crippen LogP contribution is 2.26. The molecule has 0 spiro atoms. The Balaban J connectivity index is 1.93. The Bertz CT molecular complexity index is 678. The van der Waals surface area contributed by atoms with E-state index in [2.05, 4.69) is 4.98 Å². The molecular formula is C16H12N2O2. The number of nitrogens with zero attached hydrogens (tertiary/aromatic N) is 2. The highest BCUT2D eigenvalue weighted by Gasteiger charge is 2.34. The summed E-state index contributed by atoms with van der Waals surface area (Å²) in [5.74, 6) is -0.457. The predicted molar refractivity (Wildman–Crippen MR) is 75.8 cm³/mol. The minimum Gasteiger partial charge on any atom is -0.274 e. The number of hydrogen-bond acceptors (Lipinski definition) is 3. The van der Waals surface area contributed by atoms with Gasteiger partial charge in [-0.15, -0.1) is 0 Å². The van der Waals surface area contributed by atoms with Gasteiger partial charge in [-0.2, -0.15) is 0 Å². The first kappa shape index (κ1) is 12.3. The van der Waals surface area contributed by atoms with Gasteiger partial charge in [0.1, 0.15) is 0 Å². The van der Waals surface area contributed by atoms with Crippen molar-refractivity contribution in [1.29, 1.82) is 0 Å². The van der Waals surface area contributed by atoms with E-state index in [0.29, 0.717) is 11.3 Å². The van der Waals surface area contributed by atoms with Crippen molar-refractivity contribution in [2.45, 2.75) is 6.42 Å². The Hall–Kier alpha value is -2.75. The van der Waals surface area contributed by atoms with Gasteiger partial charge in [0.05, 0.1) is 12.1 Å². The van der Waals surface area contributed by atoms with Gasteiger partial charge in [-0.05, 0) is 29.8 Å². The van der Waals surface area contributed by atoms with Crippen molar-refractivity contribution in [2.75, 3.05) is 4.90 Å². The molecule has 0 bridgehead atoms. The van der Waals surface area contributed by atoms with Gasteiger partial charge in [0.2, 0.25) is 5.91 Å². The first-order chi connectivity index (χ1) is 9.75. The van der Waals surface area contributed by atoms with Crippen LogP contribution >= 0.6 is 0 Å². The van der Waals surface area contributed by atoms with Gasteiger partial charge in [0.15, 0.2) is 0 Å². The zero-order valence-electron chi connectivity index (χ0n) is 10.7. The first-order valence-corrected chi connectivity index (χ1v) is 6.28. The normalized spacial score (nSPS) is 17.0. The van der Waals surface area contributed by atoms with E-state index in [0.717, 1.165) is 5.56 Å². The van der Waals surface area contributed by atoms with Gasteiger partial charge >= 0.3 is 0 Å². The van der Waals surface area contributed by atoms with Crippen molar-refractivity contribution in [1.82, 2.24) is 4.98 Å². The second kappa shape index (κ2) is 5.09. The molecule has 4 nitrogen and oxygen atoms in total. The monoisotopic (exact) mass is 264 g/mol. The highest BCUT2D eigenvalue weighted by molar-refractivity contribution is 6.29. The van der Waals surface area contributed by atoms with Crippen LogP contribution in [0.3, 0.4) is 0 Å². The van der Waals surface area contributed by atoms with Crippen LogP contribution in [0.25, 0.3) is 6.08 Å². The summed E-state index contributed by atoms with van der Waals surface area (Å²) in [7, 11) is 0. The Labute approximate surface area is 116 Å². The molecule has 4 heteroatoms. The molecule has 20 heavy (non-hydrogen) atoms. The number of rotatable bonds is 2. The van der Waals surface area contributed by atoms with Crippen molar-refractivity contribution in [3.8, 4) is 0 Å². The summed E-state index contributed by atoms with van der Waals surface area (Å²) < 4.78 is 0. The zero-order valence-corrected chi connectivity index (χ0v) is 10.7. The van der Waals surface area contributed by atoms with Gasteiger partial charge in [-0.3, -0.25) is 14.6 Å². The fraction of sp³-hybridized carbons (Fsp3) is 0.0625. The van der Waals surface area contributed by atoms with Crippen LogP contribution in [-0.2, 0) is 9.59 Å². The molecule has 1 aliphatic rings. The maximum atomic E-state index is 12.3. The summed E-state index contributed by atoms with van der Waals surface area (Å²) in [5, 5.41) is 0. The lowest BCUT2D eigenvalue weighted by Crippen LogP contribution is -2.28. The molecule has 0 unspecified atom stereocenters. The molecule has 0 radical (unpaired) electrons. The number of aromatic nitrogens is 1. The van der Waals surface area contributed by atoms with Crippen LogP contribution < -0.4 is 4.90 Å². The molecule has 1 aromatic heterocycles. The summed E-state index contributed by atoms with van der Waals surface area (Å²) in [6.07, 6.45) is 5.18. The SMILES string of the molecule is O=C1C/C(=C\c2cccnc2)C(=O)N1c1ccccc1. The number of para-hydroxylation sites is 1. The van der Waals surface area contributed by atoms with Crippen molar-refractivity contribution in [3.63, 3.8) is 0 Å². The summed E-state index contributed by atoms with van der Waals surface area (Å²) in [6.45, 7) is 0. The third kappa shape index (κ3) is 2.23. The predicted octanol–water partition coefficient (Wildman–Crippen LogP) is 2.43. The average molecular weight is 264 g/mol. The van der Waals surface area contributed by atoms with Crippen LogP contribution in [0.15, 0.2) is 60.4 Å². The van der Waals surface area contributed by atoms with Gasteiger partial charge < -0.3 is 0 Å². The summed E-state index contributed by atoms with van der Waals surface area (Å²) in [5.41, 5.74) is 1.92. The van der Waals surface area contributed by atoms with Crippen LogP contribution in [-0.4, -0.2) is 16.8 Å². The van der Waals surface area contributed by atoms with Gasteiger partial charge in [0, 0.05) is 18.0 Å². The molecule has 98 valence electrons. The number of pyridine rings is 1. The van der Waals surface area contributed by atoms with E-state index in [4.69, 9.17) is 0 Å². The van der Waals surface area contributed by atoms with Crippen molar-refractivity contribution < 1.29 is 9.59 Å². The number of imide groups is 1. The van der Waals surface area contributed by atoms with E-state index in [-0.39, 0.29) is 18.2 Å². The molecule has 2 amide bonds. The molecule has 2 aromatic rings. The number of hydrogen-bond donors (Lipinski definition) is 0. The lowest BCUT2D eigenvalue weighted by atomic mass is 10.1. The molecule has 0 atom stereocenters. The number of benzene rings is 1. The summed E-state index contributed by atoms with van der Waals surface area (Å²) in [4.78, 5) is 29.6. The Morgan fingerprint density at radius 1 is 1.05 bits per heavy atom. The molecule has 0 aliphatic carbocycles. The largest absolute Gasteiger partial charge is 0.274 e. The zero-order chi connectivity index (χ0) is 13.9. The van der Waals surface area contributed by atoms with E-state index in [1.807, 2.05) is 12.1 Å². The molecule has 3 rings (SSSR count). The summed E-state index contributed by atoms with van der Waals surface area (Å²) in [6, 6.07) is 12.6. The fourth-order valence-electron chi connectivity index (χ4n) is 2.19. The minimum absolute atomic E-state index is 0.128. The summed E-state index contributed by atoms with van der Waals surface area (Å²) >= 11 is 0. The Kier molecular flexibility index (Phi) is 3.13. The van der Waals surface area contributed by atoms with Crippen LogP contribution in [0.5, 0.6) is 0 Å². The Morgan fingerprint density at radius 3 is 2.55 bits per heavy atom. The second-order valence-electron chi connectivity index (χ2n) is 4.50. The first-order valence-electron chi connectivity index (χ1n) is 6.28. The standard InChI is InChI=1S/C16H12N2O2/c19-15-10-13(9-12-5-4-8-17-11-12)16(20)18(15)14-6-2-1-3-7-14/h1-9,11H,10H2/b13-9+. The van der Waals surface area contributed by atoms with Crippen LogP contribution in [0.1, 0.15) is 12.0 Å². The quantitative estimate of drug-likeness (QED) is 0.618. The molecule has 1 fully saturated rings. The van der Waals surface area contributed by atoms with E-state index in [9.17, 15) is 9.59 Å². The lowest BCUT2D eigenvalue weighted by molar-refractivity contribution is -0.120. The number of carbonyl (C=O) groups excluding carboxylic acids is 2. The lowest BCUT2D eigenvalue weighted by Gasteiger charge is -2.12. The fourth-order valence-corrected chi connectivity index (χ4v) is 2.19. The molecule has 0 saturated carbocycles. The highest BCUT2D eigenvalue weighted by atomic mass is 16.2. The third-order valence-electron chi connectivity index (χ3n) is 3.11. The molecule has 1 aromatic carbocycles. The van der Waals surface area contributed by atoms with Crippen molar-refractivity contribution in [3.05, 3.63) is 66.0 Å². The van der Waals surface area contributed by atoms with Crippen LogP contribution in [0, 0.1) is 0 Å². The third-order valence-corrected chi connectivity index (χ3v) is 3.11. The number of amides is 2.